The van der Waals surface area contributed by atoms with E-state index in [2.05, 4.69) is 26.3 Å². The van der Waals surface area contributed by atoms with Gasteiger partial charge < -0.3 is 19.4 Å². The molecule has 0 bridgehead atoms. The van der Waals surface area contributed by atoms with Crippen LogP contribution in [0.1, 0.15) is 6.42 Å². The van der Waals surface area contributed by atoms with Crippen molar-refractivity contribution in [3.8, 4) is 11.5 Å². The van der Waals surface area contributed by atoms with Gasteiger partial charge in [0.25, 0.3) is 5.91 Å². The van der Waals surface area contributed by atoms with E-state index in [0.717, 1.165) is 43.1 Å². The largest absolute Gasteiger partial charge is 0.434 e. The maximum Gasteiger partial charge on any atom is 0.251 e. The Morgan fingerprint density at radius 3 is 2.65 bits per heavy atom. The Balaban J connectivity index is 1.27. The summed E-state index contributed by atoms with van der Waals surface area (Å²) in [6, 6.07) is 11.1. The minimum atomic E-state index is -0.107. The van der Waals surface area contributed by atoms with Crippen molar-refractivity contribution in [3.05, 3.63) is 78.2 Å². The molecule has 1 aliphatic heterocycles. The summed E-state index contributed by atoms with van der Waals surface area (Å²) in [6.07, 6.45) is 10.1. The summed E-state index contributed by atoms with van der Waals surface area (Å²) in [4.78, 5) is 23.8. The van der Waals surface area contributed by atoms with Gasteiger partial charge in [-0.3, -0.25) is 4.79 Å². The van der Waals surface area contributed by atoms with Crippen LogP contribution in [0.2, 0.25) is 0 Å². The van der Waals surface area contributed by atoms with Gasteiger partial charge >= 0.3 is 0 Å². The third-order valence-corrected chi connectivity index (χ3v) is 5.33. The summed E-state index contributed by atoms with van der Waals surface area (Å²) in [7, 11) is 0. The number of fused-ring (bicyclic) bond motifs is 1. The third-order valence-electron chi connectivity index (χ3n) is 5.33. The van der Waals surface area contributed by atoms with Gasteiger partial charge in [-0.05, 0) is 42.5 Å². The number of allylic oxidation sites excluding steroid dienone is 5. The topological polar surface area (TPSA) is 80.5 Å². The number of nitrogens with one attached hydrogen (secondary N) is 1. The van der Waals surface area contributed by atoms with Crippen molar-refractivity contribution in [1.82, 2.24) is 14.9 Å². The van der Waals surface area contributed by atoms with Crippen LogP contribution in [0.15, 0.2) is 82.6 Å². The number of nitrogens with zero attached hydrogens (tertiary/aromatic N) is 3. The van der Waals surface area contributed by atoms with Crippen molar-refractivity contribution >= 4 is 22.8 Å². The first-order chi connectivity index (χ1) is 15.3. The average molecular weight is 414 g/mol. The zero-order chi connectivity index (χ0) is 21.0. The molecular weight excluding hydrogens is 392 g/mol. The SMILES string of the molecule is O=C(Nc1ccc(-c2nc3ncccc3o2)cc1)C1=CC=CC=C(N2CCOCC2)C1. The molecule has 2 aliphatic rings. The Bertz CT molecular complexity index is 1150. The first-order valence-corrected chi connectivity index (χ1v) is 10.3. The number of carbonyl (C=O) groups is 1. The molecule has 2 aromatic heterocycles. The molecule has 1 amide bonds. The van der Waals surface area contributed by atoms with E-state index in [1.807, 2.05) is 54.6 Å². The Labute approximate surface area is 179 Å². The maximum absolute atomic E-state index is 12.9. The van der Waals surface area contributed by atoms with E-state index < -0.39 is 0 Å². The summed E-state index contributed by atoms with van der Waals surface area (Å²) in [6.45, 7) is 3.13. The molecule has 0 atom stereocenters. The molecule has 0 radical (unpaired) electrons. The van der Waals surface area contributed by atoms with Crippen LogP contribution in [0.25, 0.3) is 22.7 Å². The van der Waals surface area contributed by atoms with Crippen molar-refractivity contribution in [1.29, 1.82) is 0 Å². The van der Waals surface area contributed by atoms with Crippen molar-refractivity contribution in [3.63, 3.8) is 0 Å². The Kier molecular flexibility index (Phi) is 5.33. The molecule has 0 unspecified atom stereocenters. The van der Waals surface area contributed by atoms with E-state index in [-0.39, 0.29) is 5.91 Å². The fourth-order valence-corrected chi connectivity index (χ4v) is 3.68. The van der Waals surface area contributed by atoms with Gasteiger partial charge in [0.1, 0.15) is 0 Å². The number of aromatic nitrogens is 2. The fraction of sp³-hybridized carbons (Fsp3) is 0.208. The van der Waals surface area contributed by atoms with E-state index >= 15 is 0 Å². The Hall–Kier alpha value is -3.71. The number of oxazole rings is 1. The van der Waals surface area contributed by atoms with Gasteiger partial charge in [0.2, 0.25) is 5.89 Å². The van der Waals surface area contributed by atoms with Gasteiger partial charge in [-0.2, -0.15) is 4.98 Å². The molecule has 0 saturated carbocycles. The van der Waals surface area contributed by atoms with Crippen molar-refractivity contribution < 1.29 is 13.9 Å². The number of hydrogen-bond acceptors (Lipinski definition) is 6. The second kappa shape index (κ2) is 8.57. The van der Waals surface area contributed by atoms with E-state index in [0.29, 0.717) is 29.2 Å². The Morgan fingerprint density at radius 2 is 1.84 bits per heavy atom. The lowest BCUT2D eigenvalue weighted by molar-refractivity contribution is -0.113. The highest BCUT2D eigenvalue weighted by atomic mass is 16.5. The van der Waals surface area contributed by atoms with Gasteiger partial charge in [-0.15, -0.1) is 0 Å². The van der Waals surface area contributed by atoms with Crippen molar-refractivity contribution in [2.75, 3.05) is 31.6 Å². The number of anilines is 1. The molecule has 3 heterocycles. The lowest BCUT2D eigenvalue weighted by Crippen LogP contribution is -2.36. The molecule has 1 saturated heterocycles. The molecule has 1 aliphatic carbocycles. The predicted octanol–water partition coefficient (Wildman–Crippen LogP) is 3.93. The molecule has 7 nitrogen and oxygen atoms in total. The molecule has 1 aromatic carbocycles. The maximum atomic E-state index is 12.9. The van der Waals surface area contributed by atoms with E-state index in [1.54, 1.807) is 6.20 Å². The highest BCUT2D eigenvalue weighted by molar-refractivity contribution is 6.04. The molecule has 1 fully saturated rings. The van der Waals surface area contributed by atoms with E-state index in [4.69, 9.17) is 9.15 Å². The highest BCUT2D eigenvalue weighted by Crippen LogP contribution is 2.25. The van der Waals surface area contributed by atoms with E-state index in [9.17, 15) is 4.79 Å². The predicted molar refractivity (Wildman–Crippen MR) is 118 cm³/mol. The number of carbonyl (C=O) groups excluding carboxylic acids is 1. The number of pyridine rings is 1. The first kappa shape index (κ1) is 19.3. The zero-order valence-corrected chi connectivity index (χ0v) is 17.0. The lowest BCUT2D eigenvalue weighted by atomic mass is 10.1. The molecular formula is C24H22N4O3. The second-order valence-electron chi connectivity index (χ2n) is 7.39. The van der Waals surface area contributed by atoms with Crippen LogP contribution in [-0.4, -0.2) is 47.1 Å². The summed E-state index contributed by atoms with van der Waals surface area (Å²) in [5.74, 6) is 0.396. The van der Waals surface area contributed by atoms with E-state index in [1.165, 1.54) is 0 Å². The van der Waals surface area contributed by atoms with Crippen LogP contribution in [0.5, 0.6) is 0 Å². The quantitative estimate of drug-likeness (QED) is 0.697. The number of rotatable bonds is 4. The van der Waals surface area contributed by atoms with Gasteiger partial charge in [-0.1, -0.05) is 18.2 Å². The van der Waals surface area contributed by atoms with Crippen LogP contribution in [0.4, 0.5) is 5.69 Å². The van der Waals surface area contributed by atoms with Crippen LogP contribution in [-0.2, 0) is 9.53 Å². The number of hydrogen-bond donors (Lipinski definition) is 1. The lowest BCUT2D eigenvalue weighted by Gasteiger charge is -2.31. The highest BCUT2D eigenvalue weighted by Gasteiger charge is 2.19. The monoisotopic (exact) mass is 414 g/mol. The summed E-state index contributed by atoms with van der Waals surface area (Å²) >= 11 is 0. The number of benzene rings is 1. The summed E-state index contributed by atoms with van der Waals surface area (Å²) in [5, 5.41) is 2.99. The van der Waals surface area contributed by atoms with Gasteiger partial charge in [0.15, 0.2) is 11.2 Å². The molecule has 31 heavy (non-hydrogen) atoms. The summed E-state index contributed by atoms with van der Waals surface area (Å²) in [5.41, 5.74) is 4.62. The summed E-state index contributed by atoms with van der Waals surface area (Å²) < 4.78 is 11.2. The second-order valence-corrected chi connectivity index (χ2v) is 7.39. The minimum absolute atomic E-state index is 0.107. The van der Waals surface area contributed by atoms with Crippen LogP contribution >= 0.6 is 0 Å². The molecule has 156 valence electrons. The Morgan fingerprint density at radius 1 is 1.03 bits per heavy atom. The van der Waals surface area contributed by atoms with Crippen LogP contribution < -0.4 is 5.32 Å². The third kappa shape index (κ3) is 4.27. The minimum Gasteiger partial charge on any atom is -0.434 e. The molecule has 3 aromatic rings. The van der Waals surface area contributed by atoms with Crippen molar-refractivity contribution in [2.24, 2.45) is 0 Å². The van der Waals surface area contributed by atoms with Gasteiger partial charge in [-0.25, -0.2) is 4.98 Å². The molecule has 7 heteroatoms. The molecule has 0 spiro atoms. The number of ether oxygens (including phenoxy) is 1. The zero-order valence-electron chi connectivity index (χ0n) is 17.0. The average Bonchev–Trinajstić information content (AvgIpc) is 3.09. The number of amides is 1. The standard InChI is InChI=1S/C24H22N4O3/c29-23(18-4-1-2-5-20(16-18)28-12-14-30-15-13-28)26-19-9-7-17(8-10-19)24-27-22-21(31-24)6-3-11-25-22/h1-11H,12-16H2,(H,26,29). The fourth-order valence-electron chi connectivity index (χ4n) is 3.68. The van der Waals surface area contributed by atoms with Crippen LogP contribution in [0.3, 0.4) is 0 Å². The smallest absolute Gasteiger partial charge is 0.251 e. The molecule has 1 N–H and O–H groups in total. The first-order valence-electron chi connectivity index (χ1n) is 10.3. The normalized spacial score (nSPS) is 16.6. The van der Waals surface area contributed by atoms with Crippen molar-refractivity contribution in [2.45, 2.75) is 6.42 Å². The van der Waals surface area contributed by atoms with Gasteiger partial charge in [0.05, 0.1) is 13.2 Å². The molecule has 5 rings (SSSR count). The van der Waals surface area contributed by atoms with Crippen LogP contribution in [0, 0.1) is 0 Å². The number of morpholine rings is 1. The van der Waals surface area contributed by atoms with Gasteiger partial charge in [0, 0.05) is 48.2 Å².